The lowest BCUT2D eigenvalue weighted by Crippen LogP contribution is -2.61. The predicted molar refractivity (Wildman–Crippen MR) is 447 cm³/mol. The number of benzene rings is 3. The molecule has 0 saturated heterocycles. The number of fused-ring (bicyclic) bond motifs is 5. The lowest BCUT2D eigenvalue weighted by atomic mass is 9.81. The van der Waals surface area contributed by atoms with Gasteiger partial charge < -0.3 is 93.0 Å². The van der Waals surface area contributed by atoms with Crippen molar-refractivity contribution >= 4 is 160 Å². The average Bonchev–Trinajstić information content (AvgIpc) is 1.56. The van der Waals surface area contributed by atoms with Crippen molar-refractivity contribution in [2.24, 2.45) is 0 Å². The number of carbonyl (C=O) groups is 16. The van der Waals surface area contributed by atoms with Crippen LogP contribution < -0.4 is 52.2 Å². The van der Waals surface area contributed by atoms with Gasteiger partial charge in [0.1, 0.15) is 48.8 Å². The molecule has 43 nitrogen and oxygen atoms in total. The van der Waals surface area contributed by atoms with Crippen LogP contribution in [0.3, 0.4) is 0 Å². The first-order valence-electron chi connectivity index (χ1n) is 40.2. The topological polar surface area (TPSA) is 681 Å². The molecule has 0 bridgehead atoms. The number of anilines is 1. The molecule has 686 valence electrons. The number of aromatic carboxylic acids is 1. The molecule has 0 fully saturated rings. The van der Waals surface area contributed by atoms with E-state index >= 15 is 0 Å². The highest BCUT2D eigenvalue weighted by atomic mass is 32.2. The van der Waals surface area contributed by atoms with Crippen molar-refractivity contribution in [3.63, 3.8) is 0 Å². The van der Waals surface area contributed by atoms with E-state index in [1.54, 1.807) is 42.7 Å². The van der Waals surface area contributed by atoms with E-state index in [0.29, 0.717) is 90.1 Å². The number of carboxylic acids is 8. The number of hydrogen-bond donors (Lipinski definition) is 18. The number of ether oxygens (including phenoxy) is 1. The van der Waals surface area contributed by atoms with E-state index < -0.39 is 207 Å². The number of carbonyl (C=O) groups excluding carboxylic acids is 8. The number of nitrogens with one attached hydrogen (secondary N) is 8. The summed E-state index contributed by atoms with van der Waals surface area (Å²) < 4.78 is 77.0. The zero-order valence-electron chi connectivity index (χ0n) is 69.6. The van der Waals surface area contributed by atoms with E-state index in [0.717, 1.165) is 17.0 Å². The molecular formula is C82H101N12O31S2+. The molecule has 0 spiro atoms. The van der Waals surface area contributed by atoms with Crippen molar-refractivity contribution in [1.82, 2.24) is 52.5 Å². The second-order valence-electron chi connectivity index (χ2n) is 30.7. The smallest absolute Gasteiger partial charge is 0.335 e. The Hall–Kier alpha value is -13.4. The van der Waals surface area contributed by atoms with Crippen LogP contribution in [-0.2, 0) is 97.6 Å². The van der Waals surface area contributed by atoms with Crippen LogP contribution in [0.4, 0.5) is 11.4 Å². The molecule has 2 aromatic heterocycles. The summed E-state index contributed by atoms with van der Waals surface area (Å²) in [6.45, 7) is 10.5. The third-order valence-corrected chi connectivity index (χ3v) is 22.9. The van der Waals surface area contributed by atoms with Gasteiger partial charge in [-0.2, -0.15) is 21.4 Å². The minimum atomic E-state index is -4.66. The van der Waals surface area contributed by atoms with Crippen molar-refractivity contribution in [3.05, 3.63) is 108 Å². The standard InChI is InChI=1S/C82H100N12O31S2/c1-6-93-61-28-25-45(126(119,120)121)35-52(61)81(3,4)63(93)20-16-18-51-49-27-24-46(127(122,123)124)36-62(49)94(7-2)82(51,5)30-17-22-64(95)84-31-14-13-19-53(80(117)118)86-73(110)56(38-67(99)100)88-75(112)58(40-69(103)104)90-77(114)60(42-71(107)108)91-76(113)59(41-70(105)106)89-74(111)57(39-68(101)102)87-72(109)55(37-66(97)98)85-65(96)21-12-10-8-9-11-15-33-125-78-48-29-32-83-43-50(48)47-26-23-44(79(115)116)34-54(47)92-78/h16,18,20,23-29,32,34-36,43,53,55-60H,6-15,17,19,21-22,30-31,33,37-42H2,1-5H3,(H17-,84,85,86,87,88,89,90,91,95,96,97,98,99,100,101,102,103,104,105,106,107,108,109,110,111,112,113,114,115,116,117,118,119,120,121,122,123,124)/p+1/t53-,55-,56-,57-,58-,59-,60-,82?/m0/s1. The van der Waals surface area contributed by atoms with Gasteiger partial charge in [0.2, 0.25) is 58.8 Å². The largest absolute Gasteiger partial charge is 0.481 e. The number of likely N-dealkylation sites (N-methyl/N-ethyl adjacent to an activating group) is 1. The second kappa shape index (κ2) is 44.9. The number of carboxylic acid groups (broad SMARTS) is 8. The number of aliphatic carboxylic acids is 7. The summed E-state index contributed by atoms with van der Waals surface area (Å²) in [5, 5.41) is 96.6. The number of pyridine rings is 2. The van der Waals surface area contributed by atoms with Gasteiger partial charge >= 0.3 is 47.8 Å². The summed E-state index contributed by atoms with van der Waals surface area (Å²) in [4.78, 5) is 216. The van der Waals surface area contributed by atoms with Gasteiger partial charge in [0.05, 0.1) is 77.0 Å². The van der Waals surface area contributed by atoms with Gasteiger partial charge in [-0.1, -0.05) is 50.0 Å². The fourth-order valence-electron chi connectivity index (χ4n) is 14.9. The Balaban J connectivity index is 0.907. The summed E-state index contributed by atoms with van der Waals surface area (Å²) in [6, 6.07) is -0.844. The number of amides is 8. The first-order valence-corrected chi connectivity index (χ1v) is 43.1. The Morgan fingerprint density at radius 2 is 0.984 bits per heavy atom. The van der Waals surface area contributed by atoms with Crippen molar-refractivity contribution in [2.45, 2.75) is 220 Å². The maximum Gasteiger partial charge on any atom is 0.335 e. The third kappa shape index (κ3) is 28.0. The number of hydrogen-bond acceptors (Lipinski definition) is 24. The van der Waals surface area contributed by atoms with Crippen LogP contribution in [0.25, 0.3) is 27.2 Å². The third-order valence-electron chi connectivity index (χ3n) is 21.2. The van der Waals surface area contributed by atoms with Crippen molar-refractivity contribution < 1.29 is 153 Å². The SMILES string of the molecule is CCN1c2cc(S(=O)(=O)O)ccc2/C(=C\C=C\C2=[N+](CC)c3ccc(S(=O)(=O)O)cc3C2(C)C)C1(C)CCCC(=O)NCCCC[C@H](NC(=O)[C@H](CC(=O)O)NC(=O)[C@H](CC(=O)O)NC(=O)[C@H](CC(=O)O)NC(=O)[C@H](CC(=O)O)NC(=O)[C@H](CC(=O)O)NC(=O)[C@H](CC(=O)O)NC(=O)CCCCCCCCOc1nc2cc(C(=O)O)ccc2c2cnccc12)C(=O)O. The normalized spacial score (nSPS) is 16.0. The van der Waals surface area contributed by atoms with Gasteiger partial charge in [-0.15, -0.1) is 0 Å². The monoisotopic (exact) mass is 1810 g/mol. The maximum absolute atomic E-state index is 13.9. The molecule has 7 rings (SSSR count). The fraction of sp³-hybridized carbons (Fsp3) is 0.451. The maximum atomic E-state index is 13.9. The highest BCUT2D eigenvalue weighted by Gasteiger charge is 2.47. The van der Waals surface area contributed by atoms with Gasteiger partial charge in [-0.05, 0) is 128 Å². The molecule has 0 saturated carbocycles. The summed E-state index contributed by atoms with van der Waals surface area (Å²) in [5.74, 6) is -24.5. The molecule has 2 aliphatic heterocycles. The molecule has 0 aliphatic carbocycles. The predicted octanol–water partition coefficient (Wildman–Crippen LogP) is 3.20. The zero-order valence-corrected chi connectivity index (χ0v) is 71.2. The van der Waals surface area contributed by atoms with Gasteiger partial charge in [0, 0.05) is 83.4 Å². The molecular weight excluding hydrogens is 1710 g/mol. The molecule has 45 heteroatoms. The van der Waals surface area contributed by atoms with Crippen LogP contribution in [0.15, 0.2) is 101 Å². The number of allylic oxidation sites excluding steroid dienone is 3. The highest BCUT2D eigenvalue weighted by molar-refractivity contribution is 7.86. The summed E-state index contributed by atoms with van der Waals surface area (Å²) in [5.41, 5.74) is 2.76. The molecule has 3 aromatic carbocycles. The van der Waals surface area contributed by atoms with Crippen molar-refractivity contribution in [1.29, 1.82) is 0 Å². The summed E-state index contributed by atoms with van der Waals surface area (Å²) in [6.07, 6.45) is 3.70. The van der Waals surface area contributed by atoms with Crippen LogP contribution in [0, 0.1) is 0 Å². The van der Waals surface area contributed by atoms with Crippen LogP contribution in [0.2, 0.25) is 0 Å². The summed E-state index contributed by atoms with van der Waals surface area (Å²) in [7, 11) is -9.19. The van der Waals surface area contributed by atoms with E-state index in [2.05, 4.69) is 25.9 Å². The minimum absolute atomic E-state index is 0.0293. The minimum Gasteiger partial charge on any atom is -0.481 e. The van der Waals surface area contributed by atoms with Crippen molar-refractivity contribution in [3.8, 4) is 5.88 Å². The number of unbranched alkanes of at least 4 members (excludes halogenated alkanes) is 6. The van der Waals surface area contributed by atoms with E-state index in [-0.39, 0.29) is 79.3 Å². The molecule has 4 heterocycles. The molecule has 8 amide bonds. The van der Waals surface area contributed by atoms with Crippen LogP contribution >= 0.6 is 0 Å². The number of nitrogens with zero attached hydrogens (tertiary/aromatic N) is 4. The molecule has 2 aliphatic rings. The number of rotatable bonds is 52. The number of aromatic nitrogens is 2. The first kappa shape index (κ1) is 101. The summed E-state index contributed by atoms with van der Waals surface area (Å²) >= 11 is 0. The Morgan fingerprint density at radius 3 is 1.46 bits per heavy atom. The van der Waals surface area contributed by atoms with Gasteiger partial charge in [-0.3, -0.25) is 81.2 Å². The van der Waals surface area contributed by atoms with Crippen LogP contribution in [0.5, 0.6) is 5.88 Å². The molecule has 1 unspecified atom stereocenters. The Bertz CT molecular complexity index is 5440. The lowest BCUT2D eigenvalue weighted by Gasteiger charge is -2.38. The Morgan fingerprint density at radius 1 is 0.512 bits per heavy atom. The second-order valence-corrected chi connectivity index (χ2v) is 33.6. The Kier molecular flexibility index (Phi) is 35.6. The van der Waals surface area contributed by atoms with Crippen LogP contribution in [0.1, 0.15) is 178 Å². The molecule has 0 radical (unpaired) electrons. The molecule has 18 N–H and O–H groups in total. The Labute approximate surface area is 726 Å². The van der Waals surface area contributed by atoms with E-state index in [4.69, 9.17) is 4.74 Å². The lowest BCUT2D eigenvalue weighted by molar-refractivity contribution is -0.433. The van der Waals surface area contributed by atoms with Gasteiger partial charge in [0.15, 0.2) is 5.71 Å². The van der Waals surface area contributed by atoms with Gasteiger partial charge in [0.25, 0.3) is 20.2 Å². The molecule has 8 atom stereocenters. The fourth-order valence-corrected chi connectivity index (χ4v) is 15.9. The molecule has 127 heavy (non-hydrogen) atoms. The average molecular weight is 1810 g/mol. The highest BCUT2D eigenvalue weighted by Crippen LogP contribution is 2.50. The van der Waals surface area contributed by atoms with E-state index in [1.807, 2.05) is 82.8 Å². The van der Waals surface area contributed by atoms with Crippen LogP contribution in [-0.4, -0.2) is 256 Å². The zero-order chi connectivity index (χ0) is 94.2. The van der Waals surface area contributed by atoms with Crippen molar-refractivity contribution in [2.75, 3.05) is 31.1 Å². The van der Waals surface area contributed by atoms with E-state index in [1.165, 1.54) is 36.4 Å². The molecule has 5 aromatic rings. The van der Waals surface area contributed by atoms with E-state index in [9.17, 15) is 144 Å². The quantitative estimate of drug-likeness (QED) is 0.0115. The first-order chi connectivity index (χ1) is 59.7. The van der Waals surface area contributed by atoms with Gasteiger partial charge in [-0.25, -0.2) is 14.6 Å².